The summed E-state index contributed by atoms with van der Waals surface area (Å²) >= 11 is 0. The lowest BCUT2D eigenvalue weighted by atomic mass is 9.86. The Kier molecular flexibility index (Phi) is 4.30. The first kappa shape index (κ1) is 13.7. The van der Waals surface area contributed by atoms with Gasteiger partial charge >= 0.3 is 5.97 Å². The zero-order valence-corrected chi connectivity index (χ0v) is 11.4. The molecule has 0 aromatic carbocycles. The highest BCUT2D eigenvalue weighted by Gasteiger charge is 2.35. The van der Waals surface area contributed by atoms with Crippen molar-refractivity contribution in [2.45, 2.75) is 38.5 Å². The maximum absolute atomic E-state index is 12.5. The Morgan fingerprint density at radius 2 is 2.11 bits per heavy atom. The third kappa shape index (κ3) is 3.00. The van der Waals surface area contributed by atoms with E-state index < -0.39 is 11.9 Å². The molecule has 1 saturated carbocycles. The Balaban J connectivity index is 2.28. The molecule has 0 saturated heterocycles. The quantitative estimate of drug-likeness (QED) is 0.466. The number of Topliss-reactive ketones (excluding diaryl/α,β-unsaturated/α-hetero) is 1. The largest absolute Gasteiger partial charge is 0.468 e. The molecule has 0 bridgehead atoms. The first-order chi connectivity index (χ1) is 9.13. The number of hydrogen-bond donors (Lipinski definition) is 0. The van der Waals surface area contributed by atoms with Crippen LogP contribution in [0.25, 0.3) is 0 Å². The second kappa shape index (κ2) is 5.95. The van der Waals surface area contributed by atoms with Crippen molar-refractivity contribution in [2.75, 3.05) is 7.11 Å². The van der Waals surface area contributed by atoms with E-state index >= 15 is 0 Å². The van der Waals surface area contributed by atoms with Crippen molar-refractivity contribution in [2.24, 2.45) is 5.92 Å². The molecule has 19 heavy (non-hydrogen) atoms. The molecule has 2 unspecified atom stereocenters. The van der Waals surface area contributed by atoms with Crippen molar-refractivity contribution in [1.29, 1.82) is 0 Å². The minimum atomic E-state index is -0.606. The molecule has 2 atom stereocenters. The van der Waals surface area contributed by atoms with Gasteiger partial charge in [-0.25, -0.2) is 0 Å². The number of aromatic nitrogens is 1. The lowest BCUT2D eigenvalue weighted by molar-refractivity contribution is -0.149. The zero-order chi connectivity index (χ0) is 13.8. The molecule has 2 rings (SSSR count). The van der Waals surface area contributed by atoms with Crippen LogP contribution in [0.15, 0.2) is 18.3 Å². The van der Waals surface area contributed by atoms with Crippen LogP contribution in [0.5, 0.6) is 0 Å². The summed E-state index contributed by atoms with van der Waals surface area (Å²) in [7, 11) is 1.34. The number of rotatable bonds is 2. The normalized spacial score (nSPS) is 23.8. The van der Waals surface area contributed by atoms with Crippen LogP contribution < -0.4 is 0 Å². The fraction of sp³-hybridized carbons (Fsp3) is 0.533. The molecule has 1 heterocycles. The summed E-state index contributed by atoms with van der Waals surface area (Å²) < 4.78 is 4.75. The summed E-state index contributed by atoms with van der Waals surface area (Å²) in [4.78, 5) is 28.4. The fourth-order valence-corrected chi connectivity index (χ4v) is 2.72. The highest BCUT2D eigenvalue weighted by Crippen LogP contribution is 2.32. The number of ether oxygens (including phenoxy) is 1. The van der Waals surface area contributed by atoms with Crippen molar-refractivity contribution < 1.29 is 14.3 Å². The Morgan fingerprint density at radius 3 is 2.79 bits per heavy atom. The van der Waals surface area contributed by atoms with Crippen LogP contribution >= 0.6 is 0 Å². The molecule has 0 radical (unpaired) electrons. The number of pyridine rings is 1. The van der Waals surface area contributed by atoms with Gasteiger partial charge in [0.2, 0.25) is 0 Å². The average Bonchev–Trinajstić information content (AvgIpc) is 2.60. The second-order valence-corrected chi connectivity index (χ2v) is 5.05. The number of hydrogen-bond acceptors (Lipinski definition) is 4. The predicted octanol–water partition coefficient (Wildman–Crippen LogP) is 2.41. The molecule has 0 N–H and O–H groups in total. The van der Waals surface area contributed by atoms with Crippen molar-refractivity contribution in [3.63, 3.8) is 0 Å². The summed E-state index contributed by atoms with van der Waals surface area (Å²) in [5.41, 5.74) is 1.86. The van der Waals surface area contributed by atoms with Gasteiger partial charge in [-0.2, -0.15) is 0 Å². The van der Waals surface area contributed by atoms with Gasteiger partial charge in [-0.05, 0) is 37.5 Å². The molecule has 4 heteroatoms. The molecule has 1 aliphatic carbocycles. The molecule has 1 fully saturated rings. The average molecular weight is 261 g/mol. The maximum atomic E-state index is 12.5. The van der Waals surface area contributed by atoms with Crippen LogP contribution in [0.3, 0.4) is 0 Å². The van der Waals surface area contributed by atoms with Crippen LogP contribution in [0.4, 0.5) is 0 Å². The number of ketones is 1. The molecule has 102 valence electrons. The topological polar surface area (TPSA) is 56.3 Å². The molecule has 0 spiro atoms. The lowest BCUT2D eigenvalue weighted by Gasteiger charge is -2.17. The third-order valence-electron chi connectivity index (χ3n) is 3.73. The maximum Gasteiger partial charge on any atom is 0.316 e. The molecular formula is C15H19NO3. The monoisotopic (exact) mass is 261 g/mol. The van der Waals surface area contributed by atoms with E-state index in [1.165, 1.54) is 7.11 Å². The second-order valence-electron chi connectivity index (χ2n) is 5.05. The number of methoxy groups -OCH3 is 1. The van der Waals surface area contributed by atoms with Crippen LogP contribution in [-0.2, 0) is 14.3 Å². The van der Waals surface area contributed by atoms with Crippen molar-refractivity contribution in [3.8, 4) is 0 Å². The molecule has 1 aromatic heterocycles. The summed E-state index contributed by atoms with van der Waals surface area (Å²) in [5, 5.41) is 0. The van der Waals surface area contributed by atoms with E-state index in [0.29, 0.717) is 6.42 Å². The van der Waals surface area contributed by atoms with Gasteiger partial charge in [-0.15, -0.1) is 0 Å². The molecule has 1 aliphatic rings. The third-order valence-corrected chi connectivity index (χ3v) is 3.73. The van der Waals surface area contributed by atoms with E-state index in [9.17, 15) is 9.59 Å². The summed E-state index contributed by atoms with van der Waals surface area (Å²) in [5.74, 6) is -1.21. The van der Waals surface area contributed by atoms with Gasteiger partial charge in [0.1, 0.15) is 5.92 Å². The Morgan fingerprint density at radius 1 is 1.37 bits per heavy atom. The minimum absolute atomic E-state index is 0.00468. The van der Waals surface area contributed by atoms with E-state index in [2.05, 4.69) is 4.98 Å². The number of carbonyl (C=O) groups excluding carboxylic acids is 2. The first-order valence-electron chi connectivity index (χ1n) is 6.67. The summed E-state index contributed by atoms with van der Waals surface area (Å²) in [6.45, 7) is 1.91. The van der Waals surface area contributed by atoms with Crippen LogP contribution in [-0.4, -0.2) is 23.8 Å². The predicted molar refractivity (Wildman–Crippen MR) is 70.7 cm³/mol. The van der Waals surface area contributed by atoms with E-state index in [0.717, 1.165) is 30.5 Å². The number of esters is 1. The van der Waals surface area contributed by atoms with Crippen LogP contribution in [0.2, 0.25) is 0 Å². The fourth-order valence-electron chi connectivity index (χ4n) is 2.72. The van der Waals surface area contributed by atoms with Gasteiger partial charge in [0, 0.05) is 17.8 Å². The highest BCUT2D eigenvalue weighted by molar-refractivity contribution is 6.02. The van der Waals surface area contributed by atoms with Crippen LogP contribution in [0.1, 0.15) is 42.9 Å². The van der Waals surface area contributed by atoms with E-state index in [4.69, 9.17) is 4.74 Å². The van der Waals surface area contributed by atoms with E-state index in [-0.39, 0.29) is 11.7 Å². The Labute approximate surface area is 113 Å². The first-order valence-corrected chi connectivity index (χ1v) is 6.67. The van der Waals surface area contributed by atoms with Gasteiger partial charge in [0.25, 0.3) is 0 Å². The number of carbonyl (C=O) groups is 2. The molecule has 1 aromatic rings. The van der Waals surface area contributed by atoms with Crippen molar-refractivity contribution in [3.05, 3.63) is 29.6 Å². The summed E-state index contributed by atoms with van der Waals surface area (Å²) in [6, 6.07) is 3.80. The van der Waals surface area contributed by atoms with Gasteiger partial charge in [-0.3, -0.25) is 14.6 Å². The molecule has 4 nitrogen and oxygen atoms in total. The zero-order valence-electron chi connectivity index (χ0n) is 11.4. The Bertz CT molecular complexity index is 484. The molecule has 0 aliphatic heterocycles. The molecular weight excluding hydrogens is 242 g/mol. The minimum Gasteiger partial charge on any atom is -0.468 e. The van der Waals surface area contributed by atoms with Crippen molar-refractivity contribution >= 4 is 11.8 Å². The van der Waals surface area contributed by atoms with Crippen LogP contribution in [0, 0.1) is 12.8 Å². The van der Waals surface area contributed by atoms with Gasteiger partial charge in [0.05, 0.1) is 7.11 Å². The standard InChI is InChI=1S/C15H19NO3/c1-10-9-11(7-8-16-10)12-5-3-4-6-13(14(12)17)15(18)19-2/h7-9,12-13H,3-6H2,1-2H3. The number of nitrogens with zero attached hydrogens (tertiary/aromatic N) is 1. The smallest absolute Gasteiger partial charge is 0.316 e. The van der Waals surface area contributed by atoms with Gasteiger partial charge in [-0.1, -0.05) is 12.8 Å². The van der Waals surface area contributed by atoms with Gasteiger partial charge < -0.3 is 4.74 Å². The highest BCUT2D eigenvalue weighted by atomic mass is 16.5. The van der Waals surface area contributed by atoms with Gasteiger partial charge in [0.15, 0.2) is 5.78 Å². The summed E-state index contributed by atoms with van der Waals surface area (Å²) in [6.07, 6.45) is 4.98. The van der Waals surface area contributed by atoms with Crippen molar-refractivity contribution in [1.82, 2.24) is 4.98 Å². The van der Waals surface area contributed by atoms with E-state index in [1.54, 1.807) is 6.20 Å². The SMILES string of the molecule is COC(=O)C1CCCCC(c2ccnc(C)c2)C1=O. The Hall–Kier alpha value is -1.71. The number of aryl methyl sites for hydroxylation is 1. The molecule has 0 amide bonds. The van der Waals surface area contributed by atoms with E-state index in [1.807, 2.05) is 19.1 Å². The lowest BCUT2D eigenvalue weighted by Crippen LogP contribution is -2.28.